The second-order valence-corrected chi connectivity index (χ2v) is 5.33. The van der Waals surface area contributed by atoms with E-state index in [1.807, 2.05) is 48.7 Å². The van der Waals surface area contributed by atoms with E-state index in [0.29, 0.717) is 11.6 Å². The lowest BCUT2D eigenvalue weighted by atomic mass is 10.1. The van der Waals surface area contributed by atoms with Crippen molar-refractivity contribution in [1.29, 1.82) is 0 Å². The van der Waals surface area contributed by atoms with Gasteiger partial charge in [0.15, 0.2) is 0 Å². The Morgan fingerprint density at radius 3 is 2.68 bits per heavy atom. The molecule has 0 bridgehead atoms. The Morgan fingerprint density at radius 2 is 1.95 bits per heavy atom. The summed E-state index contributed by atoms with van der Waals surface area (Å²) in [4.78, 5) is 1.11. The van der Waals surface area contributed by atoms with Crippen LogP contribution in [-0.4, -0.2) is 12.8 Å². The average Bonchev–Trinajstić information content (AvgIpc) is 2.43. The predicted octanol–water partition coefficient (Wildman–Crippen LogP) is 4.36. The van der Waals surface area contributed by atoms with Crippen molar-refractivity contribution >= 4 is 23.4 Å². The fourth-order valence-electron chi connectivity index (χ4n) is 1.82. The van der Waals surface area contributed by atoms with Gasteiger partial charge in [0.25, 0.3) is 0 Å². The third-order valence-corrected chi connectivity index (χ3v) is 3.74. The van der Waals surface area contributed by atoms with Crippen LogP contribution >= 0.6 is 23.4 Å². The number of nitrogens with two attached hydrogens (primary N) is 1. The third-order valence-electron chi connectivity index (χ3n) is 2.73. The predicted molar refractivity (Wildman–Crippen MR) is 82.5 cm³/mol. The molecular weight excluding hydrogens is 278 g/mol. The van der Waals surface area contributed by atoms with E-state index >= 15 is 0 Å². The van der Waals surface area contributed by atoms with Crippen LogP contribution in [0, 0.1) is 0 Å². The van der Waals surface area contributed by atoms with Crippen molar-refractivity contribution in [3.8, 4) is 11.5 Å². The minimum Gasteiger partial charge on any atom is -0.456 e. The molecule has 0 aliphatic heterocycles. The lowest BCUT2D eigenvalue weighted by molar-refractivity contribution is 0.465. The molecule has 0 radical (unpaired) electrons. The summed E-state index contributed by atoms with van der Waals surface area (Å²) >= 11 is 7.67. The van der Waals surface area contributed by atoms with E-state index in [0.717, 1.165) is 28.4 Å². The SMILES string of the molecule is CSc1ccccc1Oc1ccc(Cl)cc1CCN. The quantitative estimate of drug-likeness (QED) is 0.832. The van der Waals surface area contributed by atoms with Crippen LogP contribution < -0.4 is 10.5 Å². The maximum absolute atomic E-state index is 6.01. The second kappa shape index (κ2) is 6.85. The highest BCUT2D eigenvalue weighted by Gasteiger charge is 2.08. The van der Waals surface area contributed by atoms with Crippen molar-refractivity contribution < 1.29 is 4.74 Å². The van der Waals surface area contributed by atoms with Crippen LogP contribution in [0.1, 0.15) is 5.56 Å². The first kappa shape index (κ1) is 14.3. The van der Waals surface area contributed by atoms with Crippen LogP contribution in [0.3, 0.4) is 0 Å². The highest BCUT2D eigenvalue weighted by molar-refractivity contribution is 7.98. The van der Waals surface area contributed by atoms with Gasteiger partial charge in [-0.15, -0.1) is 11.8 Å². The highest BCUT2D eigenvalue weighted by atomic mass is 35.5. The fourth-order valence-corrected chi connectivity index (χ4v) is 2.54. The molecule has 0 aromatic heterocycles. The molecule has 0 unspecified atom stereocenters. The Kier molecular flexibility index (Phi) is 5.14. The largest absolute Gasteiger partial charge is 0.456 e. The summed E-state index contributed by atoms with van der Waals surface area (Å²) in [6.45, 7) is 0.570. The normalized spacial score (nSPS) is 10.5. The van der Waals surface area contributed by atoms with Crippen LogP contribution in [0.25, 0.3) is 0 Å². The Balaban J connectivity index is 2.32. The van der Waals surface area contributed by atoms with Gasteiger partial charge in [-0.25, -0.2) is 0 Å². The molecule has 2 aromatic rings. The number of thioether (sulfide) groups is 1. The molecule has 2 aromatic carbocycles. The molecule has 2 rings (SSSR count). The molecule has 0 saturated carbocycles. The minimum atomic E-state index is 0.570. The zero-order chi connectivity index (χ0) is 13.7. The van der Waals surface area contributed by atoms with Gasteiger partial charge in [0.2, 0.25) is 0 Å². The molecule has 0 aliphatic carbocycles. The van der Waals surface area contributed by atoms with E-state index in [2.05, 4.69) is 0 Å². The van der Waals surface area contributed by atoms with Crippen LogP contribution in [0.4, 0.5) is 0 Å². The molecular formula is C15H16ClNOS. The monoisotopic (exact) mass is 293 g/mol. The van der Waals surface area contributed by atoms with E-state index in [4.69, 9.17) is 22.1 Å². The van der Waals surface area contributed by atoms with Gasteiger partial charge < -0.3 is 10.5 Å². The summed E-state index contributed by atoms with van der Waals surface area (Å²) in [5.41, 5.74) is 6.66. The first-order chi connectivity index (χ1) is 9.24. The Bertz CT molecular complexity index is 560. The molecule has 2 N–H and O–H groups in total. The number of halogens is 1. The molecule has 0 heterocycles. The number of ether oxygens (including phenoxy) is 1. The topological polar surface area (TPSA) is 35.2 Å². The molecule has 19 heavy (non-hydrogen) atoms. The zero-order valence-electron chi connectivity index (χ0n) is 10.7. The summed E-state index contributed by atoms with van der Waals surface area (Å²) in [5, 5.41) is 0.703. The van der Waals surface area contributed by atoms with E-state index in [9.17, 15) is 0 Å². The molecule has 100 valence electrons. The number of rotatable bonds is 5. The molecule has 0 aliphatic rings. The Morgan fingerprint density at radius 1 is 1.16 bits per heavy atom. The van der Waals surface area contributed by atoms with Gasteiger partial charge in [0.05, 0.1) is 0 Å². The second-order valence-electron chi connectivity index (χ2n) is 4.04. The van der Waals surface area contributed by atoms with Gasteiger partial charge in [-0.1, -0.05) is 23.7 Å². The molecule has 0 saturated heterocycles. The van der Waals surface area contributed by atoms with Crippen molar-refractivity contribution in [3.63, 3.8) is 0 Å². The first-order valence-electron chi connectivity index (χ1n) is 6.04. The number of benzene rings is 2. The van der Waals surface area contributed by atoms with E-state index in [1.165, 1.54) is 0 Å². The van der Waals surface area contributed by atoms with Crippen molar-refractivity contribution in [2.24, 2.45) is 5.73 Å². The molecule has 0 atom stereocenters. The first-order valence-corrected chi connectivity index (χ1v) is 7.64. The standard InChI is InChI=1S/C15H16ClNOS/c1-19-15-5-3-2-4-14(15)18-13-7-6-12(16)10-11(13)8-9-17/h2-7,10H,8-9,17H2,1H3. The fraction of sp³-hybridized carbons (Fsp3) is 0.200. The lowest BCUT2D eigenvalue weighted by Crippen LogP contribution is -2.04. The average molecular weight is 294 g/mol. The van der Waals surface area contributed by atoms with Gasteiger partial charge in [0, 0.05) is 9.92 Å². The van der Waals surface area contributed by atoms with Crippen molar-refractivity contribution in [2.45, 2.75) is 11.3 Å². The summed E-state index contributed by atoms with van der Waals surface area (Å²) in [7, 11) is 0. The number of hydrogen-bond acceptors (Lipinski definition) is 3. The molecule has 0 spiro atoms. The summed E-state index contributed by atoms with van der Waals surface area (Å²) in [6.07, 6.45) is 2.78. The lowest BCUT2D eigenvalue weighted by Gasteiger charge is -2.13. The van der Waals surface area contributed by atoms with E-state index in [-0.39, 0.29) is 0 Å². The molecule has 4 heteroatoms. The van der Waals surface area contributed by atoms with Crippen LogP contribution in [0.2, 0.25) is 5.02 Å². The van der Waals surface area contributed by atoms with E-state index < -0.39 is 0 Å². The van der Waals surface area contributed by atoms with Gasteiger partial charge in [0.1, 0.15) is 11.5 Å². The van der Waals surface area contributed by atoms with Crippen molar-refractivity contribution in [1.82, 2.24) is 0 Å². The molecule has 0 fully saturated rings. The van der Waals surface area contributed by atoms with Crippen LogP contribution in [0.5, 0.6) is 11.5 Å². The highest BCUT2D eigenvalue weighted by Crippen LogP contribution is 2.33. The number of para-hydroxylation sites is 1. The van der Waals surface area contributed by atoms with Gasteiger partial charge in [-0.05, 0) is 55.1 Å². The zero-order valence-corrected chi connectivity index (χ0v) is 12.3. The molecule has 0 amide bonds. The van der Waals surface area contributed by atoms with Crippen LogP contribution in [-0.2, 0) is 6.42 Å². The van der Waals surface area contributed by atoms with Gasteiger partial charge in [-0.3, -0.25) is 0 Å². The number of hydrogen-bond donors (Lipinski definition) is 1. The van der Waals surface area contributed by atoms with Crippen molar-refractivity contribution in [2.75, 3.05) is 12.8 Å². The van der Waals surface area contributed by atoms with Gasteiger partial charge >= 0.3 is 0 Å². The molecule has 2 nitrogen and oxygen atoms in total. The summed E-state index contributed by atoms with van der Waals surface area (Å²) < 4.78 is 6.00. The van der Waals surface area contributed by atoms with E-state index in [1.54, 1.807) is 11.8 Å². The Labute approximate surface area is 122 Å². The van der Waals surface area contributed by atoms with Crippen LogP contribution in [0.15, 0.2) is 47.4 Å². The van der Waals surface area contributed by atoms with Gasteiger partial charge in [-0.2, -0.15) is 0 Å². The summed E-state index contributed by atoms with van der Waals surface area (Å²) in [6, 6.07) is 13.6. The smallest absolute Gasteiger partial charge is 0.140 e. The maximum Gasteiger partial charge on any atom is 0.140 e. The van der Waals surface area contributed by atoms with Crippen molar-refractivity contribution in [3.05, 3.63) is 53.1 Å². The third kappa shape index (κ3) is 3.66. The summed E-state index contributed by atoms with van der Waals surface area (Å²) in [5.74, 6) is 1.67. The maximum atomic E-state index is 6.01. The Hall–Kier alpha value is -1.16. The minimum absolute atomic E-state index is 0.570.